The Morgan fingerprint density at radius 2 is 1.72 bits per heavy atom. The summed E-state index contributed by atoms with van der Waals surface area (Å²) in [6, 6.07) is 5.30. The van der Waals surface area contributed by atoms with Crippen LogP contribution in [0.2, 0.25) is 0 Å². The number of nitrogens with one attached hydrogen (secondary N) is 1. The number of aromatic nitrogens is 1. The predicted molar refractivity (Wildman–Crippen MR) is 104 cm³/mol. The van der Waals surface area contributed by atoms with Crippen molar-refractivity contribution in [2.75, 3.05) is 23.3 Å². The molecule has 3 rings (SSSR count). The quantitative estimate of drug-likeness (QED) is 0.877. The summed E-state index contributed by atoms with van der Waals surface area (Å²) >= 11 is 0. The van der Waals surface area contributed by atoms with Crippen molar-refractivity contribution in [2.45, 2.75) is 83.6 Å². The number of morpholine rings is 1. The molecule has 2 aliphatic rings. The first kappa shape index (κ1) is 18.5. The van der Waals surface area contributed by atoms with Crippen LogP contribution < -0.4 is 16.0 Å². The predicted octanol–water partition coefficient (Wildman–Crippen LogP) is 3.47. The summed E-state index contributed by atoms with van der Waals surface area (Å²) in [6.07, 6.45) is 7.65. The third-order valence-corrected chi connectivity index (χ3v) is 5.43. The third-order valence-electron chi connectivity index (χ3n) is 5.43. The summed E-state index contributed by atoms with van der Waals surface area (Å²) in [6.45, 7) is 8.19. The van der Waals surface area contributed by atoms with Gasteiger partial charge in [0.2, 0.25) is 0 Å². The van der Waals surface area contributed by atoms with E-state index in [1.807, 2.05) is 0 Å². The zero-order valence-electron chi connectivity index (χ0n) is 16.0. The molecule has 1 aromatic heterocycles. The second-order valence-corrected chi connectivity index (χ2v) is 7.93. The van der Waals surface area contributed by atoms with E-state index in [0.717, 1.165) is 37.4 Å². The molecule has 25 heavy (non-hydrogen) atoms. The summed E-state index contributed by atoms with van der Waals surface area (Å²) in [5.41, 5.74) is 8.35. The zero-order chi connectivity index (χ0) is 17.8. The lowest BCUT2D eigenvalue weighted by Gasteiger charge is -2.36. The van der Waals surface area contributed by atoms with Crippen molar-refractivity contribution < 1.29 is 4.74 Å². The Kier molecular flexibility index (Phi) is 6.18. The monoisotopic (exact) mass is 346 g/mol. The van der Waals surface area contributed by atoms with Crippen molar-refractivity contribution in [1.82, 2.24) is 4.98 Å². The minimum absolute atomic E-state index is 0.255. The second kappa shape index (κ2) is 8.37. The van der Waals surface area contributed by atoms with Gasteiger partial charge in [0, 0.05) is 25.2 Å². The number of pyridine rings is 1. The second-order valence-electron chi connectivity index (χ2n) is 7.93. The van der Waals surface area contributed by atoms with Crippen LogP contribution >= 0.6 is 0 Å². The summed E-state index contributed by atoms with van der Waals surface area (Å²) in [4.78, 5) is 7.21. The minimum atomic E-state index is 0.255. The lowest BCUT2D eigenvalue weighted by Crippen LogP contribution is -2.45. The number of nitrogens with two attached hydrogens (primary N) is 1. The Hall–Kier alpha value is -1.33. The maximum Gasteiger partial charge on any atom is 0.129 e. The van der Waals surface area contributed by atoms with E-state index >= 15 is 0 Å². The summed E-state index contributed by atoms with van der Waals surface area (Å²) in [7, 11) is 0. The van der Waals surface area contributed by atoms with Crippen LogP contribution in [0.1, 0.15) is 58.1 Å². The van der Waals surface area contributed by atoms with Crippen LogP contribution in [0, 0.1) is 6.92 Å². The number of nitrogens with zero attached hydrogens (tertiary/aromatic N) is 2. The average Bonchev–Trinajstić information content (AvgIpc) is 2.53. The summed E-state index contributed by atoms with van der Waals surface area (Å²) < 4.78 is 5.83. The Labute approximate surface area is 152 Å². The van der Waals surface area contributed by atoms with Crippen molar-refractivity contribution >= 4 is 11.5 Å². The van der Waals surface area contributed by atoms with Gasteiger partial charge in [0.05, 0.1) is 23.6 Å². The van der Waals surface area contributed by atoms with Crippen LogP contribution in [-0.2, 0) is 4.74 Å². The maximum atomic E-state index is 6.09. The van der Waals surface area contributed by atoms with E-state index in [0.29, 0.717) is 12.1 Å². The molecule has 3 N–H and O–H groups in total. The zero-order valence-corrected chi connectivity index (χ0v) is 16.0. The largest absolute Gasteiger partial charge is 0.381 e. The highest BCUT2D eigenvalue weighted by Crippen LogP contribution is 2.25. The fourth-order valence-electron chi connectivity index (χ4n) is 4.15. The first-order valence-electron chi connectivity index (χ1n) is 9.91. The molecule has 1 saturated heterocycles. The highest BCUT2D eigenvalue weighted by molar-refractivity contribution is 5.54. The Balaban J connectivity index is 1.63. The maximum absolute atomic E-state index is 6.09. The van der Waals surface area contributed by atoms with Crippen LogP contribution in [0.4, 0.5) is 11.5 Å². The van der Waals surface area contributed by atoms with Crippen LogP contribution in [0.3, 0.4) is 0 Å². The standard InChI is InChI=1S/C20H34N4O/c1-14-12-24(13-15(2)25-14)20-11-10-19(16(3)22-20)23-18-8-4-6-17(21)7-5-9-18/h10-11,14-15,17-18,23H,4-9,12-13,21H2,1-3H3/t14-,15+,17?,18?. The number of anilines is 2. The van der Waals surface area contributed by atoms with Gasteiger partial charge in [0.1, 0.15) is 5.82 Å². The molecule has 2 fully saturated rings. The first-order chi connectivity index (χ1) is 12.0. The molecular weight excluding hydrogens is 312 g/mol. The number of hydrogen-bond donors (Lipinski definition) is 2. The SMILES string of the molecule is Cc1nc(N2C[C@@H](C)O[C@@H](C)C2)ccc1NC1CCCC(N)CCC1. The van der Waals surface area contributed by atoms with Crippen molar-refractivity contribution in [3.8, 4) is 0 Å². The van der Waals surface area contributed by atoms with Gasteiger partial charge in [0.25, 0.3) is 0 Å². The minimum Gasteiger partial charge on any atom is -0.381 e. The molecule has 1 aliphatic carbocycles. The van der Waals surface area contributed by atoms with E-state index in [-0.39, 0.29) is 12.2 Å². The summed E-state index contributed by atoms with van der Waals surface area (Å²) in [5.74, 6) is 1.06. The van der Waals surface area contributed by atoms with Crippen LogP contribution in [0.25, 0.3) is 0 Å². The van der Waals surface area contributed by atoms with Crippen LogP contribution in [0.5, 0.6) is 0 Å². The molecule has 1 saturated carbocycles. The Morgan fingerprint density at radius 3 is 2.32 bits per heavy atom. The molecule has 0 amide bonds. The van der Waals surface area contributed by atoms with E-state index in [4.69, 9.17) is 15.5 Å². The molecule has 1 aliphatic heterocycles. The van der Waals surface area contributed by atoms with Gasteiger partial charge in [-0.05, 0) is 71.4 Å². The number of ether oxygens (including phenoxy) is 1. The Bertz CT molecular complexity index is 545. The smallest absolute Gasteiger partial charge is 0.129 e. The van der Waals surface area contributed by atoms with E-state index in [1.54, 1.807) is 0 Å². The molecule has 1 aromatic rings. The van der Waals surface area contributed by atoms with E-state index in [2.05, 4.69) is 43.1 Å². The van der Waals surface area contributed by atoms with Crippen molar-refractivity contribution in [3.63, 3.8) is 0 Å². The topological polar surface area (TPSA) is 63.4 Å². The highest BCUT2D eigenvalue weighted by Gasteiger charge is 2.23. The van der Waals surface area contributed by atoms with Gasteiger partial charge in [-0.15, -0.1) is 0 Å². The van der Waals surface area contributed by atoms with Crippen LogP contribution in [0.15, 0.2) is 12.1 Å². The van der Waals surface area contributed by atoms with Gasteiger partial charge in [-0.25, -0.2) is 4.98 Å². The van der Waals surface area contributed by atoms with E-state index in [9.17, 15) is 0 Å². The normalized spacial score (nSPS) is 31.3. The Morgan fingerprint density at radius 1 is 1.08 bits per heavy atom. The fourth-order valence-corrected chi connectivity index (χ4v) is 4.15. The molecule has 0 radical (unpaired) electrons. The van der Waals surface area contributed by atoms with Crippen molar-refractivity contribution in [1.29, 1.82) is 0 Å². The first-order valence-corrected chi connectivity index (χ1v) is 9.91. The molecular formula is C20H34N4O. The highest BCUT2D eigenvalue weighted by atomic mass is 16.5. The van der Waals surface area contributed by atoms with Crippen molar-refractivity contribution in [3.05, 3.63) is 17.8 Å². The van der Waals surface area contributed by atoms with E-state index in [1.165, 1.54) is 31.4 Å². The molecule has 5 nitrogen and oxygen atoms in total. The van der Waals surface area contributed by atoms with Crippen molar-refractivity contribution in [2.24, 2.45) is 5.73 Å². The number of aryl methyl sites for hydroxylation is 1. The van der Waals surface area contributed by atoms with E-state index < -0.39 is 0 Å². The number of hydrogen-bond acceptors (Lipinski definition) is 5. The molecule has 0 aromatic carbocycles. The molecule has 0 unspecified atom stereocenters. The lowest BCUT2D eigenvalue weighted by atomic mass is 9.94. The van der Waals surface area contributed by atoms with Gasteiger partial charge >= 0.3 is 0 Å². The molecule has 2 heterocycles. The average molecular weight is 347 g/mol. The lowest BCUT2D eigenvalue weighted by molar-refractivity contribution is -0.00546. The molecule has 0 bridgehead atoms. The van der Waals surface area contributed by atoms with Crippen LogP contribution in [-0.4, -0.2) is 42.4 Å². The number of rotatable bonds is 3. The van der Waals surface area contributed by atoms with Gasteiger partial charge in [0.15, 0.2) is 0 Å². The molecule has 0 spiro atoms. The molecule has 140 valence electrons. The third kappa shape index (κ3) is 5.08. The fraction of sp³-hybridized carbons (Fsp3) is 0.750. The van der Waals surface area contributed by atoms with Gasteiger partial charge < -0.3 is 20.7 Å². The van der Waals surface area contributed by atoms with Gasteiger partial charge in [-0.3, -0.25) is 0 Å². The van der Waals surface area contributed by atoms with Gasteiger partial charge in [-0.2, -0.15) is 0 Å². The molecule has 2 atom stereocenters. The van der Waals surface area contributed by atoms with Gasteiger partial charge in [-0.1, -0.05) is 0 Å². The summed E-state index contributed by atoms with van der Waals surface area (Å²) in [5, 5.41) is 3.73. The molecule has 5 heteroatoms.